The molecule has 0 atom stereocenters. The topological polar surface area (TPSA) is 9.34 Å². The van der Waals surface area contributed by atoms with Crippen molar-refractivity contribution in [2.45, 2.75) is 32.1 Å². The van der Waals surface area contributed by atoms with E-state index in [9.17, 15) is 0 Å². The van der Waals surface area contributed by atoms with Crippen LogP contribution in [0.25, 0.3) is 88.2 Å². The quantitative estimate of drug-likeness (QED) is 0.158. The van der Waals surface area contributed by atoms with E-state index < -0.39 is 0 Å². The second-order valence-corrected chi connectivity index (χ2v) is 14.7. The van der Waals surface area contributed by atoms with Gasteiger partial charge in [0.2, 0.25) is 0 Å². The summed E-state index contributed by atoms with van der Waals surface area (Å²) in [7, 11) is 0. The van der Waals surface area contributed by atoms with Crippen LogP contribution in [-0.2, 0) is 11.8 Å². The zero-order valence-corrected chi connectivity index (χ0v) is 25.7. The van der Waals surface area contributed by atoms with Gasteiger partial charge < -0.3 is 8.88 Å². The summed E-state index contributed by atoms with van der Waals surface area (Å²) < 4.78 is 5.49. The summed E-state index contributed by atoms with van der Waals surface area (Å²) in [4.78, 5) is 0. The maximum absolute atomic E-state index is 2.80. The molecule has 2 aliphatic carbocycles. The molecule has 0 fully saturated rings. The van der Waals surface area contributed by atoms with E-state index in [1.54, 1.807) is 0 Å². The van der Waals surface area contributed by atoms with Gasteiger partial charge in [-0.15, -0.1) is 0 Å². The molecule has 0 radical (unpaired) electrons. The zero-order valence-electron chi connectivity index (χ0n) is 25.7. The molecule has 5 heterocycles. The van der Waals surface area contributed by atoms with Crippen molar-refractivity contribution in [3.63, 3.8) is 0 Å². The highest BCUT2D eigenvalue weighted by Crippen LogP contribution is 2.58. The summed E-state index contributed by atoms with van der Waals surface area (Å²) in [5, 5.41) is 8.38. The molecule has 3 aromatic heterocycles. The highest BCUT2D eigenvalue weighted by Gasteiger charge is 2.48. The van der Waals surface area contributed by atoms with Crippen molar-refractivity contribution >= 4 is 83.8 Å². The van der Waals surface area contributed by atoms with Gasteiger partial charge in [0.05, 0.1) is 16.6 Å². The maximum Gasteiger partial charge on any atom is 0.333 e. The van der Waals surface area contributed by atoms with E-state index in [2.05, 4.69) is 126 Å². The molecule has 46 heavy (non-hydrogen) atoms. The molecule has 0 unspecified atom stereocenters. The number of hydrogen-bond donors (Lipinski definition) is 0. The Morgan fingerprint density at radius 3 is 2.28 bits per heavy atom. The minimum atomic E-state index is -0.130. The molecule has 13 rings (SSSR count). The van der Waals surface area contributed by atoms with E-state index >= 15 is 0 Å². The van der Waals surface area contributed by atoms with Crippen molar-refractivity contribution in [1.82, 2.24) is 8.88 Å². The third-order valence-corrected chi connectivity index (χ3v) is 12.4. The lowest BCUT2D eigenvalue weighted by atomic mass is 9.45. The van der Waals surface area contributed by atoms with Gasteiger partial charge >= 0.3 is 6.85 Å². The SMILES string of the molecule is CC1(C)c2ccccc2-c2c1c1c3c4c2c2cccc5c6cccc(c6n4c52)B3n2c3c-1cccc3c1ccc3c(c12)CCC=C3. The maximum atomic E-state index is 2.80. The third kappa shape index (κ3) is 2.16. The predicted octanol–water partition coefficient (Wildman–Crippen LogP) is 9.16. The van der Waals surface area contributed by atoms with E-state index in [1.807, 2.05) is 0 Å². The molecule has 2 nitrogen and oxygen atoms in total. The second-order valence-electron chi connectivity index (χ2n) is 14.7. The lowest BCUT2D eigenvalue weighted by molar-refractivity contribution is 0.663. The van der Waals surface area contributed by atoms with Crippen molar-refractivity contribution in [3.8, 4) is 22.3 Å². The summed E-state index contributed by atoms with van der Waals surface area (Å²) >= 11 is 0. The van der Waals surface area contributed by atoms with Gasteiger partial charge in [0.1, 0.15) is 0 Å². The van der Waals surface area contributed by atoms with Crippen LogP contribution in [0.2, 0.25) is 0 Å². The Hall–Kier alpha value is -5.28. The second kappa shape index (κ2) is 7.08. The van der Waals surface area contributed by atoms with E-state index in [1.165, 1.54) is 115 Å². The molecule has 2 aliphatic heterocycles. The van der Waals surface area contributed by atoms with Gasteiger partial charge in [0.15, 0.2) is 0 Å². The fraction of sp³-hybridized carbons (Fsp3) is 0.116. The van der Waals surface area contributed by atoms with Crippen LogP contribution in [0, 0.1) is 0 Å². The van der Waals surface area contributed by atoms with Gasteiger partial charge in [-0.05, 0) is 62.7 Å². The van der Waals surface area contributed by atoms with E-state index in [4.69, 9.17) is 0 Å². The number of benzene rings is 6. The molecule has 0 N–H and O–H groups in total. The van der Waals surface area contributed by atoms with Crippen LogP contribution in [0.3, 0.4) is 0 Å². The summed E-state index contributed by atoms with van der Waals surface area (Å²) in [6.45, 7) is 5.05. The normalized spacial score (nSPS) is 16.3. The molecule has 4 aliphatic rings. The first-order chi connectivity index (χ1) is 22.6. The summed E-state index contributed by atoms with van der Waals surface area (Å²) in [6, 6.07) is 35.3. The summed E-state index contributed by atoms with van der Waals surface area (Å²) in [6.07, 6.45) is 6.89. The van der Waals surface area contributed by atoms with Crippen LogP contribution in [0.1, 0.15) is 42.5 Å². The Bertz CT molecular complexity index is 3000. The Morgan fingerprint density at radius 1 is 0.630 bits per heavy atom. The number of para-hydroxylation sites is 3. The Morgan fingerprint density at radius 2 is 1.37 bits per heavy atom. The molecular formula is C43H27BN2. The van der Waals surface area contributed by atoms with Crippen LogP contribution in [0.5, 0.6) is 0 Å². The number of allylic oxidation sites excluding steroid dienone is 1. The Balaban J connectivity index is 1.39. The molecular weight excluding hydrogens is 555 g/mol. The number of hydrogen-bond acceptors (Lipinski definition) is 0. The average molecular weight is 583 g/mol. The third-order valence-electron chi connectivity index (χ3n) is 12.4. The lowest BCUT2D eigenvalue weighted by Crippen LogP contribution is -2.54. The molecule has 6 aromatic carbocycles. The number of fused-ring (bicyclic) bond motifs is 15. The molecule has 3 heteroatoms. The fourth-order valence-corrected chi connectivity index (χ4v) is 10.9. The molecule has 0 amide bonds. The van der Waals surface area contributed by atoms with Gasteiger partial charge in [-0.2, -0.15) is 0 Å². The van der Waals surface area contributed by atoms with Crippen molar-refractivity contribution in [2.24, 2.45) is 0 Å². The van der Waals surface area contributed by atoms with Gasteiger partial charge in [0.25, 0.3) is 0 Å². The van der Waals surface area contributed by atoms with Gasteiger partial charge in [0, 0.05) is 54.3 Å². The first-order valence-corrected chi connectivity index (χ1v) is 16.8. The molecule has 9 aromatic rings. The number of aromatic nitrogens is 2. The minimum absolute atomic E-state index is 0.107. The fourth-order valence-electron chi connectivity index (χ4n) is 10.9. The van der Waals surface area contributed by atoms with Gasteiger partial charge in [-0.1, -0.05) is 117 Å². The van der Waals surface area contributed by atoms with Gasteiger partial charge in [-0.3, -0.25) is 0 Å². The largest absolute Gasteiger partial charge is 0.375 e. The first-order valence-electron chi connectivity index (χ1n) is 16.8. The minimum Gasteiger partial charge on any atom is -0.375 e. The number of nitrogens with zero attached hydrogens (tertiary/aromatic N) is 2. The van der Waals surface area contributed by atoms with Gasteiger partial charge in [-0.25, -0.2) is 0 Å². The van der Waals surface area contributed by atoms with Crippen LogP contribution in [0.4, 0.5) is 0 Å². The predicted molar refractivity (Wildman–Crippen MR) is 195 cm³/mol. The number of rotatable bonds is 0. The smallest absolute Gasteiger partial charge is 0.333 e. The van der Waals surface area contributed by atoms with Crippen LogP contribution in [-0.4, -0.2) is 15.7 Å². The van der Waals surface area contributed by atoms with Crippen LogP contribution >= 0.6 is 0 Å². The molecule has 0 spiro atoms. The molecule has 0 saturated heterocycles. The van der Waals surface area contributed by atoms with E-state index in [-0.39, 0.29) is 12.3 Å². The van der Waals surface area contributed by atoms with Crippen molar-refractivity contribution < 1.29 is 0 Å². The van der Waals surface area contributed by atoms with Crippen molar-refractivity contribution in [2.75, 3.05) is 0 Å². The molecule has 212 valence electrons. The first kappa shape index (κ1) is 23.1. The highest BCUT2D eigenvalue weighted by molar-refractivity contribution is 6.91. The lowest BCUT2D eigenvalue weighted by Gasteiger charge is -2.35. The molecule has 0 bridgehead atoms. The highest BCUT2D eigenvalue weighted by atomic mass is 15.0. The average Bonchev–Trinajstić information content (AvgIpc) is 3.80. The summed E-state index contributed by atoms with van der Waals surface area (Å²) in [5.74, 6) is 0. The Kier molecular flexibility index (Phi) is 3.56. The number of aryl methyl sites for hydroxylation is 1. The van der Waals surface area contributed by atoms with Crippen molar-refractivity contribution in [1.29, 1.82) is 0 Å². The summed E-state index contributed by atoms with van der Waals surface area (Å²) in [5.41, 5.74) is 21.5. The van der Waals surface area contributed by atoms with Crippen LogP contribution in [0.15, 0.2) is 97.1 Å². The van der Waals surface area contributed by atoms with Crippen molar-refractivity contribution in [3.05, 3.63) is 119 Å². The molecule has 0 saturated carbocycles. The monoisotopic (exact) mass is 582 g/mol. The Labute approximate surface area is 265 Å². The zero-order chi connectivity index (χ0) is 29.8. The standard InChI is InChI=1S/C43H27BN2/c1-43(2)31-18-6-5-12-28(31)33-34-29-16-7-13-24-26-15-9-19-32-41(26)45(38(24)29)42(34)37-35(36(33)43)30-17-8-14-25-27-21-20-22-10-3-4-11-23(22)39(27)46(40(25)30)44(32)37/h3,5-10,12-21H,4,11H2,1-2H3. The van der Waals surface area contributed by atoms with E-state index in [0.29, 0.717) is 0 Å². The van der Waals surface area contributed by atoms with Crippen LogP contribution < -0.4 is 10.9 Å². The van der Waals surface area contributed by atoms with E-state index in [0.717, 1.165) is 12.8 Å².